The van der Waals surface area contributed by atoms with Crippen LogP contribution < -0.4 is 15.8 Å². The van der Waals surface area contributed by atoms with E-state index in [1.807, 2.05) is 24.3 Å². The summed E-state index contributed by atoms with van der Waals surface area (Å²) in [6, 6.07) is 7.05. The Balaban J connectivity index is 0.00000225. The number of methoxy groups -OCH3 is 1. The highest BCUT2D eigenvalue weighted by Gasteiger charge is 2.05. The van der Waals surface area contributed by atoms with Gasteiger partial charge in [-0.25, -0.2) is 0 Å². The summed E-state index contributed by atoms with van der Waals surface area (Å²) in [4.78, 5) is 11.2. The van der Waals surface area contributed by atoms with Crippen molar-refractivity contribution in [2.45, 2.75) is 19.5 Å². The highest BCUT2D eigenvalue weighted by molar-refractivity contribution is 5.85. The summed E-state index contributed by atoms with van der Waals surface area (Å²) in [5.74, 6) is 0.656. The molecule has 0 bridgehead atoms. The van der Waals surface area contributed by atoms with Crippen LogP contribution in [0.4, 0.5) is 0 Å². The summed E-state index contributed by atoms with van der Waals surface area (Å²) < 4.78 is 5.03. The van der Waals surface area contributed by atoms with Gasteiger partial charge in [0.25, 0.3) is 0 Å². The minimum atomic E-state index is -0.469. The predicted molar refractivity (Wildman–Crippen MR) is 65.7 cm³/mol. The largest absolute Gasteiger partial charge is 0.497 e. The maximum absolute atomic E-state index is 11.2. The number of halogens is 1. The fraction of sp³-hybridized carbons (Fsp3) is 0.364. The molecule has 0 saturated heterocycles. The number of hydrogen-bond donors (Lipinski definition) is 2. The fourth-order valence-corrected chi connectivity index (χ4v) is 1.09. The molecular formula is C11H17ClN2O2. The third kappa shape index (κ3) is 4.51. The van der Waals surface area contributed by atoms with E-state index >= 15 is 0 Å². The first-order valence-electron chi connectivity index (χ1n) is 4.79. The van der Waals surface area contributed by atoms with Gasteiger partial charge < -0.3 is 15.8 Å². The molecule has 0 aromatic heterocycles. The number of nitrogens with two attached hydrogens (primary N) is 1. The zero-order valence-electron chi connectivity index (χ0n) is 9.40. The third-order valence-corrected chi connectivity index (χ3v) is 2.04. The van der Waals surface area contributed by atoms with Gasteiger partial charge in [0.2, 0.25) is 5.91 Å². The smallest absolute Gasteiger partial charge is 0.236 e. The molecule has 1 aromatic carbocycles. The van der Waals surface area contributed by atoms with E-state index in [9.17, 15) is 4.79 Å². The van der Waals surface area contributed by atoms with Gasteiger partial charge >= 0.3 is 0 Å². The van der Waals surface area contributed by atoms with Gasteiger partial charge in [-0.15, -0.1) is 12.4 Å². The highest BCUT2D eigenvalue weighted by Crippen LogP contribution is 2.10. The van der Waals surface area contributed by atoms with Crippen molar-refractivity contribution in [2.75, 3.05) is 7.11 Å². The van der Waals surface area contributed by atoms with Crippen LogP contribution in [0.2, 0.25) is 0 Å². The predicted octanol–water partition coefficient (Wildman–Crippen LogP) is 1.08. The molecule has 1 amide bonds. The van der Waals surface area contributed by atoms with E-state index < -0.39 is 6.04 Å². The summed E-state index contributed by atoms with van der Waals surface area (Å²) in [6.07, 6.45) is 0. The summed E-state index contributed by atoms with van der Waals surface area (Å²) in [6.45, 7) is 2.15. The lowest BCUT2D eigenvalue weighted by atomic mass is 10.2. The monoisotopic (exact) mass is 244 g/mol. The molecule has 0 aliphatic rings. The Kier molecular flexibility index (Phi) is 6.53. The van der Waals surface area contributed by atoms with E-state index in [1.165, 1.54) is 0 Å². The van der Waals surface area contributed by atoms with Gasteiger partial charge in [0.1, 0.15) is 5.75 Å². The molecule has 16 heavy (non-hydrogen) atoms. The van der Waals surface area contributed by atoms with Crippen LogP contribution in [0.5, 0.6) is 5.75 Å². The maximum Gasteiger partial charge on any atom is 0.236 e. The molecule has 5 heteroatoms. The van der Waals surface area contributed by atoms with Gasteiger partial charge in [-0.05, 0) is 24.6 Å². The number of ether oxygens (including phenoxy) is 1. The minimum absolute atomic E-state index is 0. The molecule has 1 atom stereocenters. The number of carbonyl (C=O) groups is 1. The van der Waals surface area contributed by atoms with Crippen molar-refractivity contribution in [3.05, 3.63) is 29.8 Å². The molecule has 0 unspecified atom stereocenters. The second-order valence-electron chi connectivity index (χ2n) is 3.35. The number of rotatable bonds is 4. The molecule has 0 heterocycles. The topological polar surface area (TPSA) is 64.3 Å². The summed E-state index contributed by atoms with van der Waals surface area (Å²) >= 11 is 0. The van der Waals surface area contributed by atoms with E-state index in [1.54, 1.807) is 14.0 Å². The SMILES string of the molecule is COc1ccc(CNC(=O)[C@@H](C)N)cc1.Cl. The Bertz CT molecular complexity index is 325. The fourth-order valence-electron chi connectivity index (χ4n) is 1.09. The van der Waals surface area contributed by atoms with Crippen LogP contribution >= 0.6 is 12.4 Å². The van der Waals surface area contributed by atoms with Crippen LogP contribution in [-0.4, -0.2) is 19.1 Å². The van der Waals surface area contributed by atoms with Gasteiger partial charge in [-0.1, -0.05) is 12.1 Å². The zero-order valence-corrected chi connectivity index (χ0v) is 10.2. The van der Waals surface area contributed by atoms with Crippen LogP contribution in [-0.2, 0) is 11.3 Å². The van der Waals surface area contributed by atoms with Gasteiger partial charge in [0, 0.05) is 6.54 Å². The van der Waals surface area contributed by atoms with Gasteiger partial charge in [-0.2, -0.15) is 0 Å². The van der Waals surface area contributed by atoms with Crippen LogP contribution in [0.1, 0.15) is 12.5 Å². The molecule has 3 N–H and O–H groups in total. The van der Waals surface area contributed by atoms with Crippen molar-refractivity contribution in [3.8, 4) is 5.75 Å². The van der Waals surface area contributed by atoms with Crippen molar-refractivity contribution in [3.63, 3.8) is 0 Å². The first-order chi connectivity index (χ1) is 7.13. The van der Waals surface area contributed by atoms with Crippen LogP contribution in [0.25, 0.3) is 0 Å². The Morgan fingerprint density at radius 2 is 2.00 bits per heavy atom. The van der Waals surface area contributed by atoms with Crippen LogP contribution in [0.3, 0.4) is 0 Å². The van der Waals surface area contributed by atoms with Crippen molar-refractivity contribution in [1.82, 2.24) is 5.32 Å². The van der Waals surface area contributed by atoms with Crippen molar-refractivity contribution >= 4 is 18.3 Å². The Morgan fingerprint density at radius 3 is 2.44 bits per heavy atom. The van der Waals surface area contributed by atoms with Crippen molar-refractivity contribution in [2.24, 2.45) is 5.73 Å². The lowest BCUT2D eigenvalue weighted by Gasteiger charge is -2.08. The summed E-state index contributed by atoms with van der Waals surface area (Å²) in [7, 11) is 1.62. The van der Waals surface area contributed by atoms with Gasteiger partial charge in [0.15, 0.2) is 0 Å². The average Bonchev–Trinajstić information content (AvgIpc) is 2.26. The quantitative estimate of drug-likeness (QED) is 0.833. The van der Waals surface area contributed by atoms with E-state index in [0.717, 1.165) is 11.3 Å². The van der Waals surface area contributed by atoms with Crippen molar-refractivity contribution < 1.29 is 9.53 Å². The van der Waals surface area contributed by atoms with E-state index in [0.29, 0.717) is 6.54 Å². The molecule has 0 spiro atoms. The first kappa shape index (κ1) is 14.7. The molecule has 0 aliphatic heterocycles. The summed E-state index contributed by atoms with van der Waals surface area (Å²) in [5.41, 5.74) is 6.43. The minimum Gasteiger partial charge on any atom is -0.497 e. The van der Waals surface area contributed by atoms with E-state index in [2.05, 4.69) is 5.32 Å². The summed E-state index contributed by atoms with van der Waals surface area (Å²) in [5, 5.41) is 2.73. The lowest BCUT2D eigenvalue weighted by Crippen LogP contribution is -2.37. The van der Waals surface area contributed by atoms with E-state index in [4.69, 9.17) is 10.5 Å². The maximum atomic E-state index is 11.2. The molecule has 1 aromatic rings. The number of nitrogens with one attached hydrogen (secondary N) is 1. The molecule has 1 rings (SSSR count). The molecule has 0 aliphatic carbocycles. The van der Waals surface area contributed by atoms with Gasteiger partial charge in [0.05, 0.1) is 13.2 Å². The number of carbonyl (C=O) groups excluding carboxylic acids is 1. The molecule has 0 fully saturated rings. The Morgan fingerprint density at radius 1 is 1.44 bits per heavy atom. The Labute approximate surface area is 102 Å². The lowest BCUT2D eigenvalue weighted by molar-refractivity contribution is -0.122. The van der Waals surface area contributed by atoms with Gasteiger partial charge in [-0.3, -0.25) is 4.79 Å². The second kappa shape index (κ2) is 7.09. The molecule has 0 radical (unpaired) electrons. The molecular weight excluding hydrogens is 228 g/mol. The second-order valence-corrected chi connectivity index (χ2v) is 3.35. The zero-order chi connectivity index (χ0) is 11.3. The standard InChI is InChI=1S/C11H16N2O2.ClH/c1-8(12)11(14)13-7-9-3-5-10(15-2)6-4-9;/h3-6,8H,7,12H2,1-2H3,(H,13,14);1H/t8-;/m1./s1. The molecule has 0 saturated carbocycles. The average molecular weight is 245 g/mol. The number of hydrogen-bond acceptors (Lipinski definition) is 3. The van der Waals surface area contributed by atoms with Crippen LogP contribution in [0.15, 0.2) is 24.3 Å². The highest BCUT2D eigenvalue weighted by atomic mass is 35.5. The molecule has 90 valence electrons. The molecule has 4 nitrogen and oxygen atoms in total. The van der Waals surface area contributed by atoms with E-state index in [-0.39, 0.29) is 18.3 Å². The number of benzene rings is 1. The normalized spacial score (nSPS) is 11.2. The van der Waals surface area contributed by atoms with Crippen LogP contribution in [0, 0.1) is 0 Å². The first-order valence-corrected chi connectivity index (χ1v) is 4.79. The third-order valence-electron chi connectivity index (χ3n) is 2.04. The Hall–Kier alpha value is -1.26. The van der Waals surface area contributed by atoms with Crippen molar-refractivity contribution in [1.29, 1.82) is 0 Å². The number of amides is 1.